The molecule has 6 heteroatoms. The summed E-state index contributed by atoms with van der Waals surface area (Å²) in [6.07, 6.45) is 0. The van der Waals surface area contributed by atoms with Crippen molar-refractivity contribution >= 4 is 5.97 Å². The number of hydrogen-bond donors (Lipinski definition) is 2. The Kier molecular flexibility index (Phi) is 3.98. The number of ether oxygens (including phenoxy) is 2. The van der Waals surface area contributed by atoms with Crippen LogP contribution < -0.4 is 9.47 Å². The summed E-state index contributed by atoms with van der Waals surface area (Å²) < 4.78 is 23.5. The van der Waals surface area contributed by atoms with E-state index in [9.17, 15) is 19.4 Å². The minimum atomic E-state index is -1.22. The Labute approximate surface area is 120 Å². The third kappa shape index (κ3) is 2.74. The minimum Gasteiger partial charge on any atom is -0.507 e. The monoisotopic (exact) mass is 292 g/mol. The third-order valence-corrected chi connectivity index (χ3v) is 2.98. The number of halogens is 1. The highest BCUT2D eigenvalue weighted by Gasteiger charge is 2.19. The van der Waals surface area contributed by atoms with E-state index in [1.807, 2.05) is 0 Å². The molecule has 0 radical (unpaired) electrons. The second-order valence-corrected chi connectivity index (χ2v) is 4.23. The van der Waals surface area contributed by atoms with Gasteiger partial charge in [-0.1, -0.05) is 0 Å². The van der Waals surface area contributed by atoms with Crippen molar-refractivity contribution in [2.75, 3.05) is 14.2 Å². The van der Waals surface area contributed by atoms with Crippen LogP contribution in [0.15, 0.2) is 30.3 Å². The van der Waals surface area contributed by atoms with E-state index in [1.54, 1.807) is 0 Å². The topological polar surface area (TPSA) is 76.0 Å². The van der Waals surface area contributed by atoms with Crippen molar-refractivity contribution in [2.24, 2.45) is 0 Å². The molecule has 0 bridgehead atoms. The molecule has 0 aliphatic rings. The maximum absolute atomic E-state index is 13.3. The number of benzene rings is 2. The molecule has 0 heterocycles. The first-order valence-electron chi connectivity index (χ1n) is 5.96. The molecule has 2 N–H and O–H groups in total. The van der Waals surface area contributed by atoms with Gasteiger partial charge in [0.15, 0.2) is 11.5 Å². The number of carboxylic acids is 1. The smallest absolute Gasteiger partial charge is 0.339 e. The molecule has 0 unspecified atom stereocenters. The van der Waals surface area contributed by atoms with Crippen LogP contribution in [0, 0.1) is 5.82 Å². The largest absolute Gasteiger partial charge is 0.507 e. The lowest BCUT2D eigenvalue weighted by Gasteiger charge is -2.13. The average Bonchev–Trinajstić information content (AvgIpc) is 2.48. The summed E-state index contributed by atoms with van der Waals surface area (Å²) in [4.78, 5) is 11.3. The predicted octanol–water partition coefficient (Wildman–Crippen LogP) is 2.91. The molecular formula is C15H13FO5. The lowest BCUT2D eigenvalue weighted by Crippen LogP contribution is -2.03. The number of carboxylic acid groups (broad SMARTS) is 1. The first-order valence-corrected chi connectivity index (χ1v) is 5.96. The van der Waals surface area contributed by atoms with Gasteiger partial charge < -0.3 is 19.7 Å². The normalized spacial score (nSPS) is 10.2. The molecule has 2 rings (SSSR count). The molecule has 110 valence electrons. The van der Waals surface area contributed by atoms with Gasteiger partial charge in [0.1, 0.15) is 17.1 Å². The zero-order valence-corrected chi connectivity index (χ0v) is 11.4. The van der Waals surface area contributed by atoms with E-state index >= 15 is 0 Å². The molecule has 0 aliphatic carbocycles. The third-order valence-electron chi connectivity index (χ3n) is 2.98. The lowest BCUT2D eigenvalue weighted by molar-refractivity contribution is 0.0692. The van der Waals surface area contributed by atoms with Gasteiger partial charge in [-0.2, -0.15) is 0 Å². The quantitative estimate of drug-likeness (QED) is 0.906. The van der Waals surface area contributed by atoms with Crippen LogP contribution in [-0.4, -0.2) is 30.4 Å². The highest BCUT2D eigenvalue weighted by molar-refractivity contribution is 5.94. The Morgan fingerprint density at radius 3 is 2.43 bits per heavy atom. The summed E-state index contributed by atoms with van der Waals surface area (Å²) in [6, 6.07) is 6.18. The number of methoxy groups -OCH3 is 2. The molecule has 21 heavy (non-hydrogen) atoms. The second kappa shape index (κ2) is 5.70. The number of aromatic hydroxyl groups is 1. The summed E-state index contributed by atoms with van der Waals surface area (Å²) in [6.45, 7) is 0. The number of aromatic carboxylic acids is 1. The maximum atomic E-state index is 13.3. The molecule has 0 atom stereocenters. The van der Waals surface area contributed by atoms with Gasteiger partial charge in [0, 0.05) is 5.56 Å². The van der Waals surface area contributed by atoms with Crippen molar-refractivity contribution in [2.45, 2.75) is 0 Å². The first kappa shape index (κ1) is 14.6. The van der Waals surface area contributed by atoms with Gasteiger partial charge >= 0.3 is 5.97 Å². The van der Waals surface area contributed by atoms with Crippen molar-refractivity contribution in [3.8, 4) is 28.4 Å². The summed E-state index contributed by atoms with van der Waals surface area (Å²) in [7, 11) is 2.68. The summed E-state index contributed by atoms with van der Waals surface area (Å²) in [5.41, 5.74) is 0.330. The molecule has 0 aliphatic heterocycles. The maximum Gasteiger partial charge on any atom is 0.339 e. The van der Waals surface area contributed by atoms with Crippen LogP contribution in [0.2, 0.25) is 0 Å². The van der Waals surface area contributed by atoms with Crippen molar-refractivity contribution in [1.29, 1.82) is 0 Å². The van der Waals surface area contributed by atoms with Crippen LogP contribution in [0.25, 0.3) is 11.1 Å². The van der Waals surface area contributed by atoms with Crippen LogP contribution in [0.3, 0.4) is 0 Å². The summed E-state index contributed by atoms with van der Waals surface area (Å²) in [5.74, 6) is -1.70. The number of hydrogen-bond acceptors (Lipinski definition) is 4. The van der Waals surface area contributed by atoms with E-state index in [-0.39, 0.29) is 28.4 Å². The van der Waals surface area contributed by atoms with Crippen LogP contribution in [0.1, 0.15) is 10.4 Å². The Bertz CT molecular complexity index is 697. The second-order valence-electron chi connectivity index (χ2n) is 4.23. The van der Waals surface area contributed by atoms with Gasteiger partial charge in [0.05, 0.1) is 14.2 Å². The van der Waals surface area contributed by atoms with Crippen molar-refractivity contribution in [3.05, 3.63) is 41.7 Å². The van der Waals surface area contributed by atoms with E-state index in [0.29, 0.717) is 5.56 Å². The molecular weight excluding hydrogens is 279 g/mol. The number of rotatable bonds is 4. The molecule has 2 aromatic rings. The van der Waals surface area contributed by atoms with Crippen molar-refractivity contribution in [1.82, 2.24) is 0 Å². The highest BCUT2D eigenvalue weighted by Crippen LogP contribution is 2.39. The molecule has 2 aromatic carbocycles. The minimum absolute atomic E-state index is 0.0599. The average molecular weight is 292 g/mol. The predicted molar refractivity (Wildman–Crippen MR) is 73.6 cm³/mol. The van der Waals surface area contributed by atoms with E-state index in [2.05, 4.69) is 0 Å². The van der Waals surface area contributed by atoms with Gasteiger partial charge in [0.2, 0.25) is 0 Å². The zero-order valence-electron chi connectivity index (χ0n) is 11.4. The zero-order chi connectivity index (χ0) is 15.6. The van der Waals surface area contributed by atoms with Gasteiger partial charge in [-0.25, -0.2) is 9.18 Å². The molecule has 0 spiro atoms. The fourth-order valence-corrected chi connectivity index (χ4v) is 2.02. The lowest BCUT2D eigenvalue weighted by atomic mass is 10.0. The fourth-order valence-electron chi connectivity index (χ4n) is 2.02. The Balaban J connectivity index is 2.73. The number of carbonyl (C=O) groups is 1. The van der Waals surface area contributed by atoms with Gasteiger partial charge in [-0.05, 0) is 35.9 Å². The van der Waals surface area contributed by atoms with E-state index in [1.165, 1.54) is 32.4 Å². The van der Waals surface area contributed by atoms with Crippen LogP contribution in [0.5, 0.6) is 17.2 Å². The molecule has 5 nitrogen and oxygen atoms in total. The molecule has 0 amide bonds. The molecule has 0 saturated carbocycles. The summed E-state index contributed by atoms with van der Waals surface area (Å²) in [5, 5.41) is 19.1. The van der Waals surface area contributed by atoms with E-state index in [0.717, 1.165) is 12.1 Å². The Morgan fingerprint density at radius 1 is 1.14 bits per heavy atom. The standard InChI is InChI=1S/C15H13FO5/c1-20-13-6-8(5-11(15(18)19)14(13)21-2)10-7-9(16)3-4-12(10)17/h3-7,17H,1-2H3,(H,18,19). The van der Waals surface area contributed by atoms with Gasteiger partial charge in [0.25, 0.3) is 0 Å². The van der Waals surface area contributed by atoms with E-state index < -0.39 is 11.8 Å². The van der Waals surface area contributed by atoms with Gasteiger partial charge in [-0.15, -0.1) is 0 Å². The molecule has 0 fully saturated rings. The van der Waals surface area contributed by atoms with Crippen molar-refractivity contribution < 1.29 is 28.9 Å². The Morgan fingerprint density at radius 2 is 1.86 bits per heavy atom. The molecule has 0 aromatic heterocycles. The van der Waals surface area contributed by atoms with Crippen LogP contribution in [0.4, 0.5) is 4.39 Å². The highest BCUT2D eigenvalue weighted by atomic mass is 19.1. The van der Waals surface area contributed by atoms with Gasteiger partial charge in [-0.3, -0.25) is 0 Å². The van der Waals surface area contributed by atoms with Crippen molar-refractivity contribution in [3.63, 3.8) is 0 Å². The Hall–Kier alpha value is -2.76. The first-order chi connectivity index (χ1) is 9.97. The number of phenolic OH excluding ortho intramolecular Hbond substituents is 1. The van der Waals surface area contributed by atoms with Crippen LogP contribution in [-0.2, 0) is 0 Å². The number of phenols is 1. The SMILES string of the molecule is COc1cc(-c2cc(F)ccc2O)cc(C(=O)O)c1OC. The summed E-state index contributed by atoms with van der Waals surface area (Å²) >= 11 is 0. The molecule has 0 saturated heterocycles. The fraction of sp³-hybridized carbons (Fsp3) is 0.133. The van der Waals surface area contributed by atoms with E-state index in [4.69, 9.17) is 9.47 Å². The van der Waals surface area contributed by atoms with Crippen LogP contribution >= 0.6 is 0 Å².